The Kier molecular flexibility index (Phi) is 7.10. The molecule has 1 aliphatic heterocycles. The quantitative estimate of drug-likeness (QED) is 0.171. The van der Waals surface area contributed by atoms with Crippen molar-refractivity contribution in [3.8, 4) is 0 Å². The highest BCUT2D eigenvalue weighted by Gasteiger charge is 2.55. The number of hydrogen-bond acceptors (Lipinski definition) is 4. The molecule has 0 radical (unpaired) electrons. The van der Waals surface area contributed by atoms with Gasteiger partial charge in [0.25, 0.3) is 0 Å². The molecule has 0 N–H and O–H groups in total. The largest absolute Gasteiger partial charge is 0.237 e. The predicted octanol–water partition coefficient (Wildman–Crippen LogP) is 8.45. The van der Waals surface area contributed by atoms with E-state index in [4.69, 9.17) is 19.9 Å². The average Bonchev–Trinajstić information content (AvgIpc) is 3.52. The summed E-state index contributed by atoms with van der Waals surface area (Å²) < 4.78 is 0. The van der Waals surface area contributed by atoms with E-state index in [9.17, 15) is 0 Å². The molecule has 6 aromatic carbocycles. The molecule has 0 amide bonds. The number of benzene rings is 6. The van der Waals surface area contributed by atoms with E-state index in [1.54, 1.807) is 0 Å². The highest BCUT2D eigenvalue weighted by molar-refractivity contribution is 7.29. The first-order valence-electron chi connectivity index (χ1n) is 16.5. The van der Waals surface area contributed by atoms with E-state index in [1.807, 2.05) is 36.7 Å². The van der Waals surface area contributed by atoms with Gasteiger partial charge in [0.1, 0.15) is 0 Å². The van der Waals surface area contributed by atoms with Gasteiger partial charge >= 0.3 is 0 Å². The van der Waals surface area contributed by atoms with Gasteiger partial charge in [0, 0.05) is 33.6 Å². The van der Waals surface area contributed by atoms with Gasteiger partial charge in [-0.05, 0) is 44.8 Å². The third-order valence-corrected chi connectivity index (χ3v) is 14.3. The van der Waals surface area contributed by atoms with E-state index in [0.717, 1.165) is 66.1 Å². The van der Waals surface area contributed by atoms with Crippen LogP contribution in [-0.2, 0) is 0 Å². The Hall–Kier alpha value is -6.30. The molecule has 9 rings (SSSR count). The zero-order valence-electron chi connectivity index (χ0n) is 26.6. The van der Waals surface area contributed by atoms with Crippen molar-refractivity contribution in [1.82, 2.24) is 19.9 Å². The fraction of sp³-hybridized carbons (Fsp3) is 0. The van der Waals surface area contributed by atoms with Crippen LogP contribution in [0.15, 0.2) is 182 Å². The summed E-state index contributed by atoms with van der Waals surface area (Å²) in [5, 5.41) is 6.72. The summed E-state index contributed by atoms with van der Waals surface area (Å²) in [4.78, 5) is 21.2. The maximum Gasteiger partial charge on any atom is 0.190 e. The van der Waals surface area contributed by atoms with Gasteiger partial charge in [-0.2, -0.15) is 0 Å². The van der Waals surface area contributed by atoms with E-state index in [-0.39, 0.29) is 0 Å². The van der Waals surface area contributed by atoms with Crippen molar-refractivity contribution in [2.45, 2.75) is 0 Å². The van der Waals surface area contributed by atoms with Gasteiger partial charge in [-0.25, -0.2) is 19.9 Å². The van der Waals surface area contributed by atoms with Gasteiger partial charge in [0.05, 0.1) is 11.0 Å². The zero-order valence-corrected chi connectivity index (χ0v) is 27.6. The van der Waals surface area contributed by atoms with Gasteiger partial charge in [-0.3, -0.25) is 0 Å². The zero-order chi connectivity index (χ0) is 32.6. The number of fused-ring (bicyclic) bond motifs is 2. The molecule has 2 aromatic heterocycles. The van der Waals surface area contributed by atoms with Crippen LogP contribution in [0.2, 0.25) is 0 Å². The molecule has 230 valence electrons. The van der Waals surface area contributed by atoms with Crippen molar-refractivity contribution >= 4 is 61.8 Å². The first-order chi connectivity index (χ1) is 24.3. The van der Waals surface area contributed by atoms with Crippen molar-refractivity contribution in [3.05, 3.63) is 205 Å². The second kappa shape index (κ2) is 12.1. The summed E-state index contributed by atoms with van der Waals surface area (Å²) in [6, 6.07) is 59.7. The SMILES string of the molecule is c1ccc(C2=C(c3ncc4ccccc4n3)[Si](c3ccccc3)(c3ccccc3)C(c3ncc4ccccc4n3)=C2c2ccccc2)cc1. The molecule has 0 fully saturated rings. The summed E-state index contributed by atoms with van der Waals surface area (Å²) in [6.45, 7) is 0. The van der Waals surface area contributed by atoms with Crippen LogP contribution in [0.5, 0.6) is 0 Å². The lowest BCUT2D eigenvalue weighted by molar-refractivity contribution is 1.17. The number of aromatic nitrogens is 4. The van der Waals surface area contributed by atoms with Crippen LogP contribution in [-0.4, -0.2) is 28.0 Å². The van der Waals surface area contributed by atoms with E-state index in [1.165, 1.54) is 10.4 Å². The molecule has 0 aliphatic carbocycles. The standard InChI is InChI=1S/C44H30N4Si/c1-5-17-31(18-6-1)39-40(32-19-7-2-8-20-32)42(44-46-30-34-22-14-16-28-38(34)48-44)49(35-23-9-3-10-24-35,36-25-11-4-12-26-36)41(39)43-45-29-33-21-13-15-27-37(33)47-43/h1-30H. The number of para-hydroxylation sites is 2. The topological polar surface area (TPSA) is 51.6 Å². The molecule has 0 bridgehead atoms. The second-order valence-electron chi connectivity index (χ2n) is 12.2. The Morgan fingerprint density at radius 3 is 1.10 bits per heavy atom. The molecule has 0 saturated heterocycles. The predicted molar refractivity (Wildman–Crippen MR) is 203 cm³/mol. The minimum atomic E-state index is -3.28. The summed E-state index contributed by atoms with van der Waals surface area (Å²) in [6.07, 6.45) is 3.93. The van der Waals surface area contributed by atoms with Gasteiger partial charge in [0.2, 0.25) is 0 Å². The van der Waals surface area contributed by atoms with Crippen molar-refractivity contribution < 1.29 is 0 Å². The van der Waals surface area contributed by atoms with Crippen LogP contribution < -0.4 is 10.4 Å². The van der Waals surface area contributed by atoms with E-state index in [0.29, 0.717) is 0 Å². The van der Waals surface area contributed by atoms with Crippen molar-refractivity contribution in [2.75, 3.05) is 0 Å². The third kappa shape index (κ3) is 4.74. The lowest BCUT2D eigenvalue weighted by atomic mass is 9.91. The monoisotopic (exact) mass is 642 g/mol. The normalized spacial score (nSPS) is 14.1. The molecule has 0 atom stereocenters. The minimum absolute atomic E-state index is 0.723. The molecule has 1 aliphatic rings. The molecule has 0 saturated carbocycles. The molecule has 4 nitrogen and oxygen atoms in total. The van der Waals surface area contributed by atoms with Crippen LogP contribution in [0, 0.1) is 0 Å². The summed E-state index contributed by atoms with van der Waals surface area (Å²) >= 11 is 0. The van der Waals surface area contributed by atoms with Gasteiger partial charge in [0.15, 0.2) is 19.7 Å². The minimum Gasteiger partial charge on any atom is -0.237 e. The fourth-order valence-corrected chi connectivity index (χ4v) is 12.7. The van der Waals surface area contributed by atoms with Gasteiger partial charge in [-0.15, -0.1) is 0 Å². The van der Waals surface area contributed by atoms with E-state index < -0.39 is 8.07 Å². The highest BCUT2D eigenvalue weighted by atomic mass is 28.3. The van der Waals surface area contributed by atoms with E-state index >= 15 is 0 Å². The molecule has 0 spiro atoms. The van der Waals surface area contributed by atoms with Crippen LogP contribution in [0.1, 0.15) is 22.8 Å². The molecule has 5 heteroatoms. The fourth-order valence-electron chi connectivity index (χ4n) is 7.40. The molecular formula is C44H30N4Si. The second-order valence-corrected chi connectivity index (χ2v) is 15.9. The Balaban J connectivity index is 1.54. The van der Waals surface area contributed by atoms with Crippen molar-refractivity contribution in [1.29, 1.82) is 0 Å². The smallest absolute Gasteiger partial charge is 0.190 e. The Morgan fingerprint density at radius 2 is 0.694 bits per heavy atom. The Labute approximate surface area is 285 Å². The molecule has 49 heavy (non-hydrogen) atoms. The average molecular weight is 643 g/mol. The molecule has 3 heterocycles. The number of hydrogen-bond donors (Lipinski definition) is 0. The molecule has 8 aromatic rings. The summed E-state index contributed by atoms with van der Waals surface area (Å²) in [7, 11) is -3.28. The molecule has 0 unspecified atom stereocenters. The third-order valence-electron chi connectivity index (χ3n) is 9.46. The van der Waals surface area contributed by atoms with Crippen LogP contribution in [0.3, 0.4) is 0 Å². The molecular weight excluding hydrogens is 613 g/mol. The van der Waals surface area contributed by atoms with Crippen LogP contribution in [0.4, 0.5) is 0 Å². The van der Waals surface area contributed by atoms with Gasteiger partial charge < -0.3 is 0 Å². The maximum atomic E-state index is 5.38. The Morgan fingerprint density at radius 1 is 0.347 bits per heavy atom. The first kappa shape index (κ1) is 28.9. The highest BCUT2D eigenvalue weighted by Crippen LogP contribution is 2.54. The Bertz CT molecular complexity index is 2350. The summed E-state index contributed by atoms with van der Waals surface area (Å²) in [5.41, 5.74) is 6.27. The van der Waals surface area contributed by atoms with Crippen molar-refractivity contribution in [3.63, 3.8) is 0 Å². The summed E-state index contributed by atoms with van der Waals surface area (Å²) in [5.74, 6) is 1.45. The maximum absolute atomic E-state index is 5.38. The lowest BCUT2D eigenvalue weighted by Crippen LogP contribution is -2.60. The number of nitrogens with zero attached hydrogens (tertiary/aromatic N) is 4. The number of rotatable bonds is 6. The first-order valence-corrected chi connectivity index (χ1v) is 18.5. The van der Waals surface area contributed by atoms with Gasteiger partial charge in [-0.1, -0.05) is 158 Å². The number of allylic oxidation sites excluding steroid dienone is 2. The van der Waals surface area contributed by atoms with E-state index in [2.05, 4.69) is 146 Å². The lowest BCUT2D eigenvalue weighted by Gasteiger charge is -2.34. The van der Waals surface area contributed by atoms with Crippen LogP contribution >= 0.6 is 0 Å². The van der Waals surface area contributed by atoms with Crippen LogP contribution in [0.25, 0.3) is 43.3 Å². The van der Waals surface area contributed by atoms with Crippen molar-refractivity contribution in [2.24, 2.45) is 0 Å².